The van der Waals surface area contributed by atoms with Gasteiger partial charge in [0, 0.05) is 6.66 Å². The van der Waals surface area contributed by atoms with Crippen LogP contribution in [0.1, 0.15) is 0 Å². The summed E-state index contributed by atoms with van der Waals surface area (Å²) in [4.78, 5) is 15.8. The van der Waals surface area contributed by atoms with Crippen LogP contribution in [0.25, 0.3) is 0 Å². The fraction of sp³-hybridized carbons (Fsp3) is 1.00. The summed E-state index contributed by atoms with van der Waals surface area (Å²) in [6.07, 6.45) is 0. The van der Waals surface area contributed by atoms with Crippen molar-refractivity contribution in [3.05, 3.63) is 0 Å². The summed E-state index contributed by atoms with van der Waals surface area (Å²) in [5.74, 6) is 0. The van der Waals surface area contributed by atoms with E-state index in [0.29, 0.717) is 0 Å². The third-order valence-corrected chi connectivity index (χ3v) is 2.23. The molecule has 7 heteroatoms. The summed E-state index contributed by atoms with van der Waals surface area (Å²) in [6.45, 7) is 1.10. The van der Waals surface area contributed by atoms with Crippen molar-refractivity contribution in [1.82, 2.24) is 0 Å². The SMILES string of the molecule is C[PH](=O)OP(=O)(O)O. The molecule has 0 radical (unpaired) electrons. The summed E-state index contributed by atoms with van der Waals surface area (Å²) in [5, 5.41) is 0. The van der Waals surface area contributed by atoms with Gasteiger partial charge in [0.2, 0.25) is 0 Å². The summed E-state index contributed by atoms with van der Waals surface area (Å²) < 4.78 is 23.3. The number of hydrogen-bond donors (Lipinski definition) is 2. The lowest BCUT2D eigenvalue weighted by molar-refractivity contribution is 0.289. The Morgan fingerprint density at radius 2 is 2.00 bits per heavy atom. The van der Waals surface area contributed by atoms with Gasteiger partial charge in [-0.2, -0.15) is 0 Å². The third kappa shape index (κ3) is 6.34. The molecule has 5 nitrogen and oxygen atoms in total. The average molecular weight is 160 g/mol. The van der Waals surface area contributed by atoms with E-state index < -0.39 is 15.9 Å². The maximum atomic E-state index is 9.93. The van der Waals surface area contributed by atoms with Crippen molar-refractivity contribution >= 4 is 15.9 Å². The van der Waals surface area contributed by atoms with E-state index in [0.717, 1.165) is 6.66 Å². The molecule has 0 aromatic heterocycles. The van der Waals surface area contributed by atoms with Crippen LogP contribution in [-0.2, 0) is 13.4 Å². The van der Waals surface area contributed by atoms with Gasteiger partial charge in [-0.3, -0.25) is 4.57 Å². The first-order valence-corrected chi connectivity index (χ1v) is 5.02. The van der Waals surface area contributed by atoms with E-state index in [4.69, 9.17) is 9.79 Å². The molecule has 2 N–H and O–H groups in total. The summed E-state index contributed by atoms with van der Waals surface area (Å²) in [6, 6.07) is 0. The molecule has 0 aromatic carbocycles. The molecule has 1 unspecified atom stereocenters. The molecule has 8 heavy (non-hydrogen) atoms. The Balaban J connectivity index is 3.74. The van der Waals surface area contributed by atoms with Gasteiger partial charge in [0.1, 0.15) is 0 Å². The quantitative estimate of drug-likeness (QED) is 0.563. The highest BCUT2D eigenvalue weighted by atomic mass is 31.2. The molecular weight excluding hydrogens is 154 g/mol. The molecule has 0 aliphatic rings. The van der Waals surface area contributed by atoms with E-state index >= 15 is 0 Å². The largest absolute Gasteiger partial charge is 0.475 e. The van der Waals surface area contributed by atoms with Crippen LogP contribution < -0.4 is 0 Å². The smallest absolute Gasteiger partial charge is 0.302 e. The monoisotopic (exact) mass is 160 g/mol. The van der Waals surface area contributed by atoms with Crippen molar-refractivity contribution in [3.63, 3.8) is 0 Å². The van der Waals surface area contributed by atoms with Gasteiger partial charge in [0.05, 0.1) is 0 Å². The molecule has 0 fully saturated rings. The fourth-order valence-corrected chi connectivity index (χ4v) is 1.51. The molecule has 0 saturated carbocycles. The molecule has 0 aliphatic heterocycles. The van der Waals surface area contributed by atoms with Crippen LogP contribution in [0.5, 0.6) is 0 Å². The van der Waals surface area contributed by atoms with Gasteiger partial charge < -0.3 is 9.79 Å². The highest BCUT2D eigenvalue weighted by Gasteiger charge is 2.14. The van der Waals surface area contributed by atoms with Crippen molar-refractivity contribution in [2.75, 3.05) is 6.66 Å². The van der Waals surface area contributed by atoms with Crippen LogP contribution in [0, 0.1) is 0 Å². The van der Waals surface area contributed by atoms with Gasteiger partial charge in [-0.25, -0.2) is 8.88 Å². The van der Waals surface area contributed by atoms with Crippen LogP contribution >= 0.6 is 15.9 Å². The van der Waals surface area contributed by atoms with Crippen molar-refractivity contribution in [2.24, 2.45) is 0 Å². The van der Waals surface area contributed by atoms with Gasteiger partial charge in [0.15, 0.2) is 8.03 Å². The molecule has 0 saturated heterocycles. The molecular formula is CH6O5P2. The normalized spacial score (nSPS) is 15.9. The fourth-order valence-electron chi connectivity index (χ4n) is 0.167. The Hall–Kier alpha value is 0.340. The maximum Gasteiger partial charge on any atom is 0.475 e. The Morgan fingerprint density at radius 3 is 2.00 bits per heavy atom. The van der Waals surface area contributed by atoms with Gasteiger partial charge >= 0.3 is 7.82 Å². The van der Waals surface area contributed by atoms with E-state index in [2.05, 4.69) is 4.31 Å². The van der Waals surface area contributed by atoms with E-state index in [1.54, 1.807) is 0 Å². The summed E-state index contributed by atoms with van der Waals surface area (Å²) in [7, 11) is -6.99. The minimum atomic E-state index is -4.49. The molecule has 0 amide bonds. The molecule has 0 spiro atoms. The minimum absolute atomic E-state index is 1.10. The zero-order chi connectivity index (χ0) is 6.78. The average Bonchev–Trinajstić information content (AvgIpc) is 1.21. The number of rotatable bonds is 2. The highest BCUT2D eigenvalue weighted by molar-refractivity contribution is 7.56. The van der Waals surface area contributed by atoms with Crippen LogP contribution in [0.2, 0.25) is 0 Å². The second kappa shape index (κ2) is 2.76. The van der Waals surface area contributed by atoms with Gasteiger partial charge in [0.25, 0.3) is 0 Å². The third-order valence-electron chi connectivity index (χ3n) is 0.247. The van der Waals surface area contributed by atoms with Gasteiger partial charge in [-0.05, 0) is 0 Å². The van der Waals surface area contributed by atoms with E-state index in [1.807, 2.05) is 0 Å². The molecule has 0 heterocycles. The van der Waals surface area contributed by atoms with Crippen LogP contribution in [0.3, 0.4) is 0 Å². The lowest BCUT2D eigenvalue weighted by Gasteiger charge is -1.98. The second-order valence-corrected chi connectivity index (χ2v) is 3.77. The topological polar surface area (TPSA) is 83.8 Å². The first-order valence-electron chi connectivity index (χ1n) is 1.67. The lowest BCUT2D eigenvalue weighted by Crippen LogP contribution is -1.75. The summed E-state index contributed by atoms with van der Waals surface area (Å²) >= 11 is 0. The number of phosphoric acid groups is 1. The van der Waals surface area contributed by atoms with Crippen LogP contribution in [0.15, 0.2) is 0 Å². The zero-order valence-electron chi connectivity index (χ0n) is 4.07. The Bertz CT molecular complexity index is 133. The molecule has 0 aliphatic carbocycles. The van der Waals surface area contributed by atoms with Crippen molar-refractivity contribution < 1.29 is 23.2 Å². The van der Waals surface area contributed by atoms with E-state index in [9.17, 15) is 9.13 Å². The van der Waals surface area contributed by atoms with Crippen molar-refractivity contribution in [1.29, 1.82) is 0 Å². The maximum absolute atomic E-state index is 9.93. The first kappa shape index (κ1) is 8.34. The zero-order valence-corrected chi connectivity index (χ0v) is 5.96. The molecule has 0 rings (SSSR count). The van der Waals surface area contributed by atoms with Crippen molar-refractivity contribution in [2.45, 2.75) is 0 Å². The van der Waals surface area contributed by atoms with Gasteiger partial charge in [-0.15, -0.1) is 0 Å². The first-order chi connectivity index (χ1) is 3.42. The molecule has 1 atom stereocenters. The van der Waals surface area contributed by atoms with Crippen LogP contribution in [-0.4, -0.2) is 16.5 Å². The highest BCUT2D eigenvalue weighted by Crippen LogP contribution is 2.45. The number of hydrogen-bond acceptors (Lipinski definition) is 3. The van der Waals surface area contributed by atoms with E-state index in [1.165, 1.54) is 0 Å². The molecule has 50 valence electrons. The van der Waals surface area contributed by atoms with Gasteiger partial charge in [-0.1, -0.05) is 0 Å². The van der Waals surface area contributed by atoms with Crippen molar-refractivity contribution in [3.8, 4) is 0 Å². The predicted molar refractivity (Wildman–Crippen MR) is 28.1 cm³/mol. The lowest BCUT2D eigenvalue weighted by atomic mass is 12.0. The Kier molecular flexibility index (Phi) is 2.88. The Morgan fingerprint density at radius 1 is 1.62 bits per heavy atom. The second-order valence-electron chi connectivity index (χ2n) is 1.07. The summed E-state index contributed by atoms with van der Waals surface area (Å²) in [5.41, 5.74) is 0. The van der Waals surface area contributed by atoms with Crippen LogP contribution in [0.4, 0.5) is 0 Å². The minimum Gasteiger partial charge on any atom is -0.302 e. The predicted octanol–water partition coefficient (Wildman–Crippen LogP) is 0.200. The van der Waals surface area contributed by atoms with E-state index in [-0.39, 0.29) is 0 Å². The Labute approximate surface area is 46.8 Å². The standard InChI is InChI=1S/CH6O5P2/c1-7(2)6-8(3,4)5/h7H,1H3,(H2,3,4,5). The molecule has 0 bridgehead atoms. The molecule has 0 aromatic rings.